The Balaban J connectivity index is 2.24. The first kappa shape index (κ1) is 58.6. The van der Waals surface area contributed by atoms with Crippen molar-refractivity contribution in [2.45, 2.75) is 288 Å². The van der Waals surface area contributed by atoms with Crippen molar-refractivity contribution in [1.82, 2.24) is 5.32 Å². The number of carbonyl (C=O) groups is 1. The first-order valence-electron chi connectivity index (χ1n) is 26.2. The molecule has 10 nitrogen and oxygen atoms in total. The molecule has 1 fully saturated rings. The van der Waals surface area contributed by atoms with Crippen LogP contribution in [-0.2, 0) is 14.3 Å². The number of aliphatic hydroxyl groups excluding tert-OH is 6. The third-order valence-electron chi connectivity index (χ3n) is 12.6. The van der Waals surface area contributed by atoms with Crippen LogP contribution < -0.4 is 5.32 Å². The Morgan fingerprint density at radius 3 is 1.35 bits per heavy atom. The van der Waals surface area contributed by atoms with Gasteiger partial charge in [-0.3, -0.25) is 4.79 Å². The SMILES string of the molecule is CCCCCCCCCCC/C=C/C(O)C(COC1OC(CO)C(O)C(O)C1O)NC(=O)C(O)CCCCCCCCCCCC/C=C\CCCCCCCCCCCCCC. The van der Waals surface area contributed by atoms with Gasteiger partial charge in [-0.2, -0.15) is 0 Å². The number of ether oxygens (including phenoxy) is 2. The first-order chi connectivity index (χ1) is 30.3. The van der Waals surface area contributed by atoms with Gasteiger partial charge < -0.3 is 45.4 Å². The quantitative estimate of drug-likeness (QED) is 0.0233. The van der Waals surface area contributed by atoms with Crippen LogP contribution in [0, 0.1) is 0 Å². The number of hydrogen-bond acceptors (Lipinski definition) is 9. The first-order valence-corrected chi connectivity index (χ1v) is 26.2. The van der Waals surface area contributed by atoms with Gasteiger partial charge in [0.25, 0.3) is 0 Å². The third-order valence-corrected chi connectivity index (χ3v) is 12.6. The molecular weight excluding hydrogens is 783 g/mol. The van der Waals surface area contributed by atoms with Gasteiger partial charge in [-0.05, 0) is 44.9 Å². The van der Waals surface area contributed by atoms with Crippen LogP contribution in [0.25, 0.3) is 0 Å². The van der Waals surface area contributed by atoms with E-state index < -0.39 is 61.5 Å². The molecular formula is C52H99NO9. The largest absolute Gasteiger partial charge is 0.394 e. The Kier molecular flexibility index (Phi) is 40.0. The standard InChI is InChI=1S/C52H99NO9/c1-3-5-7-9-11-13-15-16-17-18-19-20-21-22-23-24-25-26-27-28-29-31-33-35-37-39-41-46(56)51(60)53-44(43-61-52-50(59)49(58)48(57)47(42-54)62-52)45(55)40-38-36-34-32-30-14-12-10-8-6-4-2/h22-23,38,40,44-50,52,54-59H,3-21,24-37,39,41-43H2,1-2H3,(H,53,60)/b23-22-,40-38+. The van der Waals surface area contributed by atoms with E-state index in [1.165, 1.54) is 173 Å². The zero-order valence-corrected chi connectivity index (χ0v) is 40.0. The monoisotopic (exact) mass is 882 g/mol. The van der Waals surface area contributed by atoms with E-state index >= 15 is 0 Å². The van der Waals surface area contributed by atoms with Crippen LogP contribution in [0.1, 0.15) is 239 Å². The zero-order valence-electron chi connectivity index (χ0n) is 40.0. The number of unbranched alkanes of at least 4 members (excludes halogenated alkanes) is 31. The van der Waals surface area contributed by atoms with Gasteiger partial charge in [0, 0.05) is 0 Å². The van der Waals surface area contributed by atoms with Crippen LogP contribution in [0.5, 0.6) is 0 Å². The van der Waals surface area contributed by atoms with Crippen LogP contribution in [0.3, 0.4) is 0 Å². The Hall–Kier alpha value is -1.37. The van der Waals surface area contributed by atoms with Crippen molar-refractivity contribution in [3.05, 3.63) is 24.3 Å². The Morgan fingerprint density at radius 2 is 0.935 bits per heavy atom. The fraction of sp³-hybridized carbons (Fsp3) is 0.904. The summed E-state index contributed by atoms with van der Waals surface area (Å²) < 4.78 is 11.1. The van der Waals surface area contributed by atoms with Crippen LogP contribution >= 0.6 is 0 Å². The highest BCUT2D eigenvalue weighted by atomic mass is 16.7. The lowest BCUT2D eigenvalue weighted by atomic mass is 9.99. The summed E-state index contributed by atoms with van der Waals surface area (Å²) in [4.78, 5) is 13.1. The summed E-state index contributed by atoms with van der Waals surface area (Å²) in [5.74, 6) is -0.617. The van der Waals surface area contributed by atoms with Gasteiger partial charge in [-0.15, -0.1) is 0 Å². The molecule has 7 N–H and O–H groups in total. The number of allylic oxidation sites excluding steroid dienone is 3. The molecule has 1 rings (SSSR count). The zero-order chi connectivity index (χ0) is 45.3. The van der Waals surface area contributed by atoms with Gasteiger partial charge >= 0.3 is 0 Å². The molecule has 0 aromatic rings. The number of carbonyl (C=O) groups excluding carboxylic acids is 1. The number of hydrogen-bond donors (Lipinski definition) is 7. The highest BCUT2D eigenvalue weighted by Gasteiger charge is 2.44. The van der Waals surface area contributed by atoms with E-state index in [1.54, 1.807) is 6.08 Å². The molecule has 0 aliphatic carbocycles. The van der Waals surface area contributed by atoms with Gasteiger partial charge in [0.05, 0.1) is 25.4 Å². The molecule has 366 valence electrons. The minimum absolute atomic E-state index is 0.304. The van der Waals surface area contributed by atoms with Crippen LogP contribution in [0.4, 0.5) is 0 Å². The molecule has 1 aliphatic heterocycles. The lowest BCUT2D eigenvalue weighted by Gasteiger charge is -2.40. The van der Waals surface area contributed by atoms with E-state index in [2.05, 4.69) is 31.3 Å². The van der Waals surface area contributed by atoms with Gasteiger partial charge in [0.15, 0.2) is 6.29 Å². The average Bonchev–Trinajstić information content (AvgIpc) is 3.27. The number of amides is 1. The fourth-order valence-electron chi connectivity index (χ4n) is 8.33. The van der Waals surface area contributed by atoms with Crippen molar-refractivity contribution < 1.29 is 44.9 Å². The van der Waals surface area contributed by atoms with Crippen molar-refractivity contribution in [2.24, 2.45) is 0 Å². The number of rotatable bonds is 44. The summed E-state index contributed by atoms with van der Waals surface area (Å²) in [6.07, 6.45) is 41.4. The second-order valence-corrected chi connectivity index (χ2v) is 18.5. The molecule has 1 aliphatic rings. The summed E-state index contributed by atoms with van der Waals surface area (Å²) >= 11 is 0. The van der Waals surface area contributed by atoms with E-state index in [4.69, 9.17) is 9.47 Å². The van der Waals surface area contributed by atoms with Gasteiger partial charge in [0.1, 0.15) is 30.5 Å². The second kappa shape index (κ2) is 42.3. The Morgan fingerprint density at radius 1 is 0.548 bits per heavy atom. The van der Waals surface area contributed by atoms with E-state index in [9.17, 15) is 35.4 Å². The Labute approximate surface area is 380 Å². The van der Waals surface area contributed by atoms with E-state index in [0.29, 0.717) is 12.8 Å². The van der Waals surface area contributed by atoms with Crippen LogP contribution in [-0.4, -0.2) is 98.7 Å². The molecule has 0 radical (unpaired) electrons. The number of aliphatic hydroxyl groups is 6. The van der Waals surface area contributed by atoms with E-state index in [1.807, 2.05) is 6.08 Å². The Bertz CT molecular complexity index is 1040. The summed E-state index contributed by atoms with van der Waals surface area (Å²) in [5, 5.41) is 64.7. The highest BCUT2D eigenvalue weighted by molar-refractivity contribution is 5.80. The predicted molar refractivity (Wildman–Crippen MR) is 255 cm³/mol. The number of nitrogens with one attached hydrogen (secondary N) is 1. The summed E-state index contributed by atoms with van der Waals surface area (Å²) in [5.41, 5.74) is 0. The van der Waals surface area contributed by atoms with Gasteiger partial charge in [-0.25, -0.2) is 0 Å². The molecule has 8 atom stereocenters. The van der Waals surface area contributed by atoms with Crippen molar-refractivity contribution in [1.29, 1.82) is 0 Å². The van der Waals surface area contributed by atoms with E-state index in [-0.39, 0.29) is 6.61 Å². The molecule has 1 saturated heterocycles. The molecule has 8 unspecified atom stereocenters. The highest BCUT2D eigenvalue weighted by Crippen LogP contribution is 2.23. The fourth-order valence-corrected chi connectivity index (χ4v) is 8.33. The minimum Gasteiger partial charge on any atom is -0.394 e. The topological polar surface area (TPSA) is 169 Å². The molecule has 0 spiro atoms. The molecule has 0 aromatic heterocycles. The summed E-state index contributed by atoms with van der Waals surface area (Å²) in [7, 11) is 0. The van der Waals surface area contributed by atoms with Gasteiger partial charge in [0.2, 0.25) is 5.91 Å². The van der Waals surface area contributed by atoms with Crippen LogP contribution in [0.2, 0.25) is 0 Å². The van der Waals surface area contributed by atoms with Crippen molar-refractivity contribution >= 4 is 5.91 Å². The average molecular weight is 882 g/mol. The van der Waals surface area contributed by atoms with E-state index in [0.717, 1.165) is 38.5 Å². The summed E-state index contributed by atoms with van der Waals surface area (Å²) in [6.45, 7) is 3.60. The lowest BCUT2D eigenvalue weighted by molar-refractivity contribution is -0.302. The van der Waals surface area contributed by atoms with Crippen molar-refractivity contribution in [3.63, 3.8) is 0 Å². The summed E-state index contributed by atoms with van der Waals surface area (Å²) in [6, 6.07) is -0.978. The molecule has 0 aromatic carbocycles. The molecule has 0 bridgehead atoms. The molecule has 1 heterocycles. The second-order valence-electron chi connectivity index (χ2n) is 18.5. The third kappa shape index (κ3) is 31.5. The van der Waals surface area contributed by atoms with Crippen molar-refractivity contribution in [2.75, 3.05) is 13.2 Å². The molecule has 1 amide bonds. The maximum Gasteiger partial charge on any atom is 0.249 e. The smallest absolute Gasteiger partial charge is 0.249 e. The van der Waals surface area contributed by atoms with Gasteiger partial charge in [-0.1, -0.05) is 218 Å². The van der Waals surface area contributed by atoms with Crippen LogP contribution in [0.15, 0.2) is 24.3 Å². The maximum absolute atomic E-state index is 13.1. The maximum atomic E-state index is 13.1. The minimum atomic E-state index is -1.61. The molecule has 10 heteroatoms. The lowest BCUT2D eigenvalue weighted by Crippen LogP contribution is -2.60. The van der Waals surface area contributed by atoms with Crippen molar-refractivity contribution in [3.8, 4) is 0 Å². The normalized spacial score (nSPS) is 20.9. The molecule has 62 heavy (non-hydrogen) atoms. The predicted octanol–water partition coefficient (Wildman–Crippen LogP) is 10.8. The molecule has 0 saturated carbocycles.